The Balaban J connectivity index is 1.50. The molecule has 0 aliphatic heterocycles. The van der Waals surface area contributed by atoms with Crippen LogP contribution in [0, 0.1) is 6.92 Å². The van der Waals surface area contributed by atoms with Crippen LogP contribution in [0.15, 0.2) is 30.0 Å². The molecule has 0 atom stereocenters. The number of rotatable bonds is 5. The Morgan fingerprint density at radius 1 is 1.03 bits per heavy atom. The van der Waals surface area contributed by atoms with Crippen LogP contribution >= 0.6 is 11.3 Å². The first-order valence-corrected chi connectivity index (χ1v) is 12.8. The van der Waals surface area contributed by atoms with Gasteiger partial charge < -0.3 is 9.88 Å². The maximum absolute atomic E-state index is 13.3. The molecule has 2 fully saturated rings. The second-order valence-electron chi connectivity index (χ2n) is 9.13. The van der Waals surface area contributed by atoms with Crippen LogP contribution in [0.2, 0.25) is 0 Å². The van der Waals surface area contributed by atoms with Crippen LogP contribution in [0.3, 0.4) is 0 Å². The van der Waals surface area contributed by atoms with Crippen LogP contribution in [0.25, 0.3) is 22.1 Å². The van der Waals surface area contributed by atoms with Gasteiger partial charge in [-0.2, -0.15) is 0 Å². The molecule has 0 unspecified atom stereocenters. The van der Waals surface area contributed by atoms with E-state index in [1.54, 1.807) is 29.9 Å². The summed E-state index contributed by atoms with van der Waals surface area (Å²) >= 11 is 1.58. The molecule has 1 N–H and O–H groups in total. The Morgan fingerprint density at radius 3 is 2.50 bits per heavy atom. The molecule has 2 aliphatic rings. The van der Waals surface area contributed by atoms with E-state index < -0.39 is 0 Å². The molecular formula is C25H31N5OS. The fraction of sp³-hybridized carbons (Fsp3) is 0.520. The smallest absolute Gasteiger partial charge is 0.253 e. The van der Waals surface area contributed by atoms with E-state index >= 15 is 0 Å². The van der Waals surface area contributed by atoms with Crippen molar-refractivity contribution in [3.8, 4) is 22.1 Å². The molecule has 3 aromatic heterocycles. The van der Waals surface area contributed by atoms with E-state index in [2.05, 4.69) is 38.2 Å². The van der Waals surface area contributed by atoms with E-state index in [-0.39, 0.29) is 5.91 Å². The molecule has 3 heterocycles. The number of carbonyl (C=O) groups excluding carboxylic acids is 1. The molecule has 3 aromatic rings. The number of hydrogen-bond donors (Lipinski definition) is 1. The number of hydrogen-bond acceptors (Lipinski definition) is 5. The van der Waals surface area contributed by atoms with Gasteiger partial charge in [0.1, 0.15) is 10.7 Å². The van der Waals surface area contributed by atoms with Gasteiger partial charge >= 0.3 is 0 Å². The maximum Gasteiger partial charge on any atom is 0.253 e. The first-order valence-electron chi connectivity index (χ1n) is 12.0. The zero-order valence-electron chi connectivity index (χ0n) is 18.7. The molecule has 1 amide bonds. The van der Waals surface area contributed by atoms with Crippen LogP contribution in [0.1, 0.15) is 86.3 Å². The lowest BCUT2D eigenvalue weighted by Crippen LogP contribution is -2.36. The minimum Gasteiger partial charge on any atom is -0.349 e. The fourth-order valence-electron chi connectivity index (χ4n) is 5.29. The first kappa shape index (κ1) is 21.3. The highest BCUT2D eigenvalue weighted by atomic mass is 32.1. The highest BCUT2D eigenvalue weighted by Crippen LogP contribution is 2.37. The van der Waals surface area contributed by atoms with Crippen LogP contribution in [0.5, 0.6) is 0 Å². The van der Waals surface area contributed by atoms with Gasteiger partial charge in [-0.15, -0.1) is 11.3 Å². The average molecular weight is 450 g/mol. The van der Waals surface area contributed by atoms with Crippen molar-refractivity contribution in [3.63, 3.8) is 0 Å². The van der Waals surface area contributed by atoms with Crippen LogP contribution in [0.4, 0.5) is 0 Å². The number of amides is 1. The molecule has 7 heteroatoms. The molecule has 0 saturated heterocycles. The van der Waals surface area contributed by atoms with E-state index in [4.69, 9.17) is 4.98 Å². The molecule has 32 heavy (non-hydrogen) atoms. The lowest BCUT2D eigenvalue weighted by Gasteiger charge is -2.27. The number of carbonyl (C=O) groups is 1. The Bertz CT molecular complexity index is 1060. The zero-order chi connectivity index (χ0) is 21.9. The van der Waals surface area contributed by atoms with Gasteiger partial charge in [-0.3, -0.25) is 14.8 Å². The normalized spacial score (nSPS) is 18.0. The van der Waals surface area contributed by atoms with Gasteiger partial charge in [0.25, 0.3) is 5.91 Å². The minimum absolute atomic E-state index is 0.0644. The van der Waals surface area contributed by atoms with E-state index in [0.717, 1.165) is 59.0 Å². The quantitative estimate of drug-likeness (QED) is 0.523. The van der Waals surface area contributed by atoms with Gasteiger partial charge in [0.2, 0.25) is 0 Å². The molecule has 0 bridgehead atoms. The SMILES string of the molecule is Cc1c(C(=O)NC2CCCCC2)cc(-c2csc(-c3cnccn3)n2)n1C1CCCCC1. The third-order valence-electron chi connectivity index (χ3n) is 6.97. The van der Waals surface area contributed by atoms with Gasteiger partial charge in [0.05, 0.1) is 23.1 Å². The summed E-state index contributed by atoms with van der Waals surface area (Å²) in [6, 6.07) is 2.80. The zero-order valence-corrected chi connectivity index (χ0v) is 19.5. The molecule has 0 aromatic carbocycles. The number of aromatic nitrogens is 4. The Hall–Kier alpha value is -2.54. The van der Waals surface area contributed by atoms with Crippen molar-refractivity contribution in [2.45, 2.75) is 83.2 Å². The second-order valence-corrected chi connectivity index (χ2v) is 9.99. The molecule has 2 saturated carbocycles. The number of nitrogens with one attached hydrogen (secondary N) is 1. The Kier molecular flexibility index (Phi) is 6.35. The lowest BCUT2D eigenvalue weighted by molar-refractivity contribution is 0.0927. The predicted molar refractivity (Wildman–Crippen MR) is 128 cm³/mol. The molecule has 0 radical (unpaired) electrons. The van der Waals surface area contributed by atoms with E-state index in [1.807, 2.05) is 0 Å². The summed E-state index contributed by atoms with van der Waals surface area (Å²) in [5.74, 6) is 0.0644. The molecule has 6 nitrogen and oxygen atoms in total. The Morgan fingerprint density at radius 2 is 1.78 bits per heavy atom. The van der Waals surface area contributed by atoms with Crippen molar-refractivity contribution >= 4 is 17.2 Å². The van der Waals surface area contributed by atoms with Crippen LogP contribution in [-0.2, 0) is 0 Å². The summed E-state index contributed by atoms with van der Waals surface area (Å²) in [6.07, 6.45) is 17.1. The summed E-state index contributed by atoms with van der Waals surface area (Å²) in [6.45, 7) is 2.10. The summed E-state index contributed by atoms with van der Waals surface area (Å²) < 4.78 is 2.39. The topological polar surface area (TPSA) is 72.7 Å². The van der Waals surface area contributed by atoms with Crippen LogP contribution < -0.4 is 5.32 Å². The van der Waals surface area contributed by atoms with Crippen molar-refractivity contribution in [1.29, 1.82) is 0 Å². The van der Waals surface area contributed by atoms with Crippen molar-refractivity contribution < 1.29 is 4.79 Å². The highest BCUT2D eigenvalue weighted by molar-refractivity contribution is 7.13. The number of thiazole rings is 1. The fourth-order valence-corrected chi connectivity index (χ4v) is 6.06. The maximum atomic E-state index is 13.3. The third kappa shape index (κ3) is 4.35. The summed E-state index contributed by atoms with van der Waals surface area (Å²) in [5.41, 5.74) is 4.61. The summed E-state index contributed by atoms with van der Waals surface area (Å²) in [4.78, 5) is 26.8. The van der Waals surface area contributed by atoms with Crippen molar-refractivity contribution in [1.82, 2.24) is 24.8 Å². The summed E-state index contributed by atoms with van der Waals surface area (Å²) in [7, 11) is 0. The molecule has 0 spiro atoms. The first-order chi connectivity index (χ1) is 15.7. The van der Waals surface area contributed by atoms with Crippen LogP contribution in [-0.4, -0.2) is 31.5 Å². The molecule has 168 valence electrons. The van der Waals surface area contributed by atoms with E-state index in [1.165, 1.54) is 38.5 Å². The minimum atomic E-state index is 0.0644. The van der Waals surface area contributed by atoms with Gasteiger partial charge in [-0.05, 0) is 38.7 Å². The predicted octanol–water partition coefficient (Wildman–Crippen LogP) is 5.94. The van der Waals surface area contributed by atoms with E-state index in [9.17, 15) is 4.79 Å². The van der Waals surface area contributed by atoms with Crippen molar-refractivity contribution in [3.05, 3.63) is 41.3 Å². The monoisotopic (exact) mass is 449 g/mol. The highest BCUT2D eigenvalue weighted by Gasteiger charge is 2.27. The second kappa shape index (κ2) is 9.53. The number of nitrogens with zero attached hydrogens (tertiary/aromatic N) is 4. The molecular weight excluding hydrogens is 418 g/mol. The van der Waals surface area contributed by atoms with Gasteiger partial charge in [-0.25, -0.2) is 4.98 Å². The Labute approximate surface area is 193 Å². The average Bonchev–Trinajstić information content (AvgIpc) is 3.46. The van der Waals surface area contributed by atoms with Gasteiger partial charge in [-0.1, -0.05) is 38.5 Å². The van der Waals surface area contributed by atoms with E-state index in [0.29, 0.717) is 12.1 Å². The van der Waals surface area contributed by atoms with Crippen molar-refractivity contribution in [2.75, 3.05) is 0 Å². The third-order valence-corrected chi connectivity index (χ3v) is 7.83. The lowest BCUT2D eigenvalue weighted by atomic mass is 9.94. The molecule has 5 rings (SSSR count). The van der Waals surface area contributed by atoms with Gasteiger partial charge in [0, 0.05) is 35.6 Å². The summed E-state index contributed by atoms with van der Waals surface area (Å²) in [5, 5.41) is 6.25. The van der Waals surface area contributed by atoms with Gasteiger partial charge in [0.15, 0.2) is 0 Å². The largest absolute Gasteiger partial charge is 0.349 e. The standard InChI is InChI=1S/C25H31N5OS/c1-17-20(24(31)28-18-8-4-2-5-9-18)14-23(30(17)19-10-6-3-7-11-19)22-16-32-25(29-22)21-15-26-12-13-27-21/h12-16,18-19H,2-11H2,1H3,(H,28,31). The molecule has 2 aliphatic carbocycles. The van der Waals surface area contributed by atoms with Crippen molar-refractivity contribution in [2.24, 2.45) is 0 Å².